The van der Waals surface area contributed by atoms with E-state index in [0.29, 0.717) is 6.61 Å². The zero-order valence-electron chi connectivity index (χ0n) is 12.6. The lowest BCUT2D eigenvalue weighted by Crippen LogP contribution is -2.39. The Morgan fingerprint density at radius 3 is 2.80 bits per heavy atom. The Labute approximate surface area is 126 Å². The summed E-state index contributed by atoms with van der Waals surface area (Å²) < 4.78 is 5.74. The molecule has 20 heavy (non-hydrogen) atoms. The molecule has 5 heteroatoms. The van der Waals surface area contributed by atoms with Gasteiger partial charge in [-0.15, -0.1) is 0 Å². The van der Waals surface area contributed by atoms with E-state index in [1.807, 2.05) is 18.2 Å². The molecule has 0 aliphatic carbocycles. The van der Waals surface area contributed by atoms with E-state index in [2.05, 4.69) is 41.8 Å². The number of thioether (sulfide) groups is 1. The molecule has 0 aliphatic heterocycles. The highest BCUT2D eigenvalue weighted by Crippen LogP contribution is 2.15. The largest absolute Gasteiger partial charge is 0.491 e. The van der Waals surface area contributed by atoms with Crippen molar-refractivity contribution in [2.45, 2.75) is 13.8 Å². The molecule has 0 aliphatic rings. The molecular weight excluding hydrogens is 270 g/mol. The zero-order chi connectivity index (χ0) is 14.6. The van der Waals surface area contributed by atoms with Crippen molar-refractivity contribution < 1.29 is 4.74 Å². The van der Waals surface area contributed by atoms with Crippen LogP contribution in [0.25, 0.3) is 0 Å². The lowest BCUT2D eigenvalue weighted by molar-refractivity contribution is 0.320. The summed E-state index contributed by atoms with van der Waals surface area (Å²) >= 11 is 1.80. The highest BCUT2D eigenvalue weighted by molar-refractivity contribution is 7.98. The molecule has 1 aromatic rings. The molecule has 0 fully saturated rings. The van der Waals surface area contributed by atoms with Crippen molar-refractivity contribution in [1.82, 2.24) is 10.6 Å². The molecule has 0 amide bonds. The first-order chi connectivity index (χ1) is 9.77. The second kappa shape index (κ2) is 10.4. The number of benzene rings is 1. The predicted octanol–water partition coefficient (Wildman–Crippen LogP) is 2.29. The minimum Gasteiger partial charge on any atom is -0.491 e. The summed E-state index contributed by atoms with van der Waals surface area (Å²) in [7, 11) is 0. The van der Waals surface area contributed by atoms with Gasteiger partial charge in [0.2, 0.25) is 0 Å². The van der Waals surface area contributed by atoms with E-state index in [1.54, 1.807) is 11.8 Å². The van der Waals surface area contributed by atoms with Gasteiger partial charge in [-0.25, -0.2) is 0 Å². The second-order valence-corrected chi connectivity index (χ2v) is 5.28. The first-order valence-corrected chi connectivity index (χ1v) is 8.36. The standard InChI is InChI=1S/C15H25N3OS/c1-4-16-15(18-10-12-20-3)17-9-11-19-14-8-6-5-7-13(14)2/h5-8H,4,9-12H2,1-3H3,(H2,16,17,18). The van der Waals surface area contributed by atoms with Crippen molar-refractivity contribution in [1.29, 1.82) is 0 Å². The van der Waals surface area contributed by atoms with Gasteiger partial charge in [0, 0.05) is 12.3 Å². The molecule has 0 spiro atoms. The fourth-order valence-corrected chi connectivity index (χ4v) is 1.91. The third-order valence-electron chi connectivity index (χ3n) is 2.66. The van der Waals surface area contributed by atoms with Gasteiger partial charge in [-0.1, -0.05) is 18.2 Å². The van der Waals surface area contributed by atoms with Crippen LogP contribution < -0.4 is 15.4 Å². The molecular formula is C15H25N3OS. The molecule has 0 unspecified atom stereocenters. The molecule has 0 bridgehead atoms. The monoisotopic (exact) mass is 295 g/mol. The van der Waals surface area contributed by atoms with Crippen molar-refractivity contribution >= 4 is 17.7 Å². The van der Waals surface area contributed by atoms with E-state index >= 15 is 0 Å². The van der Waals surface area contributed by atoms with Crippen molar-refractivity contribution in [3.63, 3.8) is 0 Å². The molecule has 1 aromatic carbocycles. The van der Waals surface area contributed by atoms with E-state index in [1.165, 1.54) is 0 Å². The van der Waals surface area contributed by atoms with Crippen LogP contribution in [-0.4, -0.2) is 44.2 Å². The maximum atomic E-state index is 5.74. The Bertz CT molecular complexity index is 410. The van der Waals surface area contributed by atoms with E-state index < -0.39 is 0 Å². The van der Waals surface area contributed by atoms with Gasteiger partial charge < -0.3 is 15.4 Å². The summed E-state index contributed by atoms with van der Waals surface area (Å²) in [5, 5.41) is 6.50. The van der Waals surface area contributed by atoms with Crippen LogP contribution in [0.1, 0.15) is 12.5 Å². The molecule has 0 radical (unpaired) electrons. The highest BCUT2D eigenvalue weighted by Gasteiger charge is 1.99. The highest BCUT2D eigenvalue weighted by atomic mass is 32.2. The summed E-state index contributed by atoms with van der Waals surface area (Å²) in [5.41, 5.74) is 1.16. The molecule has 0 saturated carbocycles. The van der Waals surface area contributed by atoms with E-state index in [4.69, 9.17) is 4.74 Å². The number of ether oxygens (including phenoxy) is 1. The summed E-state index contributed by atoms with van der Waals surface area (Å²) in [6.07, 6.45) is 2.09. The van der Waals surface area contributed by atoms with Crippen LogP contribution in [0.5, 0.6) is 5.75 Å². The van der Waals surface area contributed by atoms with Gasteiger partial charge in [0.1, 0.15) is 12.4 Å². The quantitative estimate of drug-likeness (QED) is 0.439. The van der Waals surface area contributed by atoms with Gasteiger partial charge in [0.05, 0.1) is 13.1 Å². The molecule has 0 saturated heterocycles. The van der Waals surface area contributed by atoms with Crippen molar-refractivity contribution in [2.24, 2.45) is 4.99 Å². The van der Waals surface area contributed by atoms with Crippen LogP contribution in [-0.2, 0) is 0 Å². The molecule has 112 valence electrons. The number of aryl methyl sites for hydroxylation is 1. The Morgan fingerprint density at radius 2 is 2.10 bits per heavy atom. The van der Waals surface area contributed by atoms with Gasteiger partial charge in [-0.05, 0) is 31.7 Å². The smallest absolute Gasteiger partial charge is 0.191 e. The number of nitrogens with one attached hydrogen (secondary N) is 2. The van der Waals surface area contributed by atoms with Gasteiger partial charge >= 0.3 is 0 Å². The maximum Gasteiger partial charge on any atom is 0.191 e. The summed E-state index contributed by atoms with van der Waals surface area (Å²) in [4.78, 5) is 4.48. The van der Waals surface area contributed by atoms with Crippen LogP contribution in [0.3, 0.4) is 0 Å². The average Bonchev–Trinajstić information content (AvgIpc) is 2.45. The van der Waals surface area contributed by atoms with Crippen molar-refractivity contribution in [3.8, 4) is 5.75 Å². The maximum absolute atomic E-state index is 5.74. The molecule has 0 heterocycles. The number of hydrogen-bond donors (Lipinski definition) is 2. The van der Waals surface area contributed by atoms with Crippen LogP contribution in [0.15, 0.2) is 29.3 Å². The molecule has 1 rings (SSSR count). The van der Waals surface area contributed by atoms with Crippen molar-refractivity contribution in [3.05, 3.63) is 29.8 Å². The van der Waals surface area contributed by atoms with Crippen LogP contribution in [0.4, 0.5) is 0 Å². The van der Waals surface area contributed by atoms with Gasteiger partial charge in [-0.2, -0.15) is 11.8 Å². The third-order valence-corrected chi connectivity index (χ3v) is 3.25. The lowest BCUT2D eigenvalue weighted by atomic mass is 10.2. The summed E-state index contributed by atoms with van der Waals surface area (Å²) in [6.45, 7) is 7.17. The minimum atomic E-state index is 0.623. The molecule has 0 atom stereocenters. The number of hydrogen-bond acceptors (Lipinski definition) is 3. The fraction of sp³-hybridized carbons (Fsp3) is 0.533. The first kappa shape index (κ1) is 16.7. The Morgan fingerprint density at radius 1 is 1.30 bits per heavy atom. The Kier molecular flexibility index (Phi) is 8.71. The summed E-state index contributed by atoms with van der Waals surface area (Å²) in [6, 6.07) is 8.05. The third kappa shape index (κ3) is 6.70. The van der Waals surface area contributed by atoms with Crippen LogP contribution in [0, 0.1) is 6.92 Å². The number of aliphatic imine (C=N–C) groups is 1. The van der Waals surface area contributed by atoms with E-state index in [0.717, 1.165) is 42.7 Å². The molecule has 0 aromatic heterocycles. The SMILES string of the molecule is CCNC(=NCCSC)NCCOc1ccccc1C. The summed E-state index contributed by atoms with van der Waals surface area (Å²) in [5.74, 6) is 2.84. The van der Waals surface area contributed by atoms with Crippen LogP contribution >= 0.6 is 11.8 Å². The van der Waals surface area contributed by atoms with E-state index in [-0.39, 0.29) is 0 Å². The van der Waals surface area contributed by atoms with Gasteiger partial charge in [0.15, 0.2) is 5.96 Å². The number of para-hydroxylation sites is 1. The topological polar surface area (TPSA) is 45.7 Å². The van der Waals surface area contributed by atoms with Crippen molar-refractivity contribution in [2.75, 3.05) is 38.2 Å². The van der Waals surface area contributed by atoms with Crippen LogP contribution in [0.2, 0.25) is 0 Å². The van der Waals surface area contributed by atoms with Gasteiger partial charge in [0.25, 0.3) is 0 Å². The average molecular weight is 295 g/mol. The fourth-order valence-electron chi connectivity index (χ4n) is 1.64. The number of rotatable bonds is 8. The minimum absolute atomic E-state index is 0.623. The first-order valence-electron chi connectivity index (χ1n) is 6.97. The molecule has 2 N–H and O–H groups in total. The molecule has 4 nitrogen and oxygen atoms in total. The normalized spacial score (nSPS) is 11.2. The van der Waals surface area contributed by atoms with E-state index in [9.17, 15) is 0 Å². The second-order valence-electron chi connectivity index (χ2n) is 4.29. The Balaban J connectivity index is 2.30. The Hall–Kier alpha value is -1.36. The zero-order valence-corrected chi connectivity index (χ0v) is 13.4. The predicted molar refractivity (Wildman–Crippen MR) is 89.0 cm³/mol. The number of nitrogens with zero attached hydrogens (tertiary/aromatic N) is 1. The van der Waals surface area contributed by atoms with Gasteiger partial charge in [-0.3, -0.25) is 4.99 Å². The number of guanidine groups is 1. The lowest BCUT2D eigenvalue weighted by Gasteiger charge is -2.12.